The molecule has 9 heteroatoms. The summed E-state index contributed by atoms with van der Waals surface area (Å²) in [5.41, 5.74) is 0. The second kappa shape index (κ2) is 11.0. The van der Waals surface area contributed by atoms with Crippen LogP contribution in [0.25, 0.3) is 11.6 Å². The molecule has 29 heavy (non-hydrogen) atoms. The maximum Gasteiger partial charge on any atom is 0.216 e. The fraction of sp³-hybridized carbons (Fsp3) is 0.650. The molecule has 3 heterocycles. The van der Waals surface area contributed by atoms with Gasteiger partial charge in [-0.15, -0.1) is 29.1 Å². The van der Waals surface area contributed by atoms with Crippen LogP contribution >= 0.6 is 24.0 Å². The molecular weight excluding hydrogens is 481 g/mol. The van der Waals surface area contributed by atoms with E-state index in [0.29, 0.717) is 24.2 Å². The summed E-state index contributed by atoms with van der Waals surface area (Å²) >= 11 is 0. The average Bonchev–Trinajstić information content (AvgIpc) is 3.47. The van der Waals surface area contributed by atoms with E-state index in [9.17, 15) is 0 Å². The molecule has 1 saturated carbocycles. The standard InChI is InChI=1S/C20H31N7O.HI/c1-2-21-20(22-12-18-24-19(26-25-18)17-8-5-11-28-17)23-16-9-10-27(14-16)13-15-6-3-4-7-15;/h5,8,11,15-16H,2-4,6-7,9-10,12-14H2,1H3,(H2,21,22,23)(H,24,25,26);1H. The summed E-state index contributed by atoms with van der Waals surface area (Å²) in [6, 6.07) is 4.13. The van der Waals surface area contributed by atoms with Gasteiger partial charge in [-0.1, -0.05) is 12.8 Å². The molecular formula is C20H32IN7O. The maximum atomic E-state index is 5.33. The first-order valence-corrected chi connectivity index (χ1v) is 10.5. The fourth-order valence-electron chi connectivity index (χ4n) is 4.22. The summed E-state index contributed by atoms with van der Waals surface area (Å²) in [7, 11) is 0. The van der Waals surface area contributed by atoms with Crippen LogP contribution in [-0.4, -0.2) is 58.3 Å². The van der Waals surface area contributed by atoms with Crippen molar-refractivity contribution in [1.29, 1.82) is 0 Å². The number of rotatable bonds is 7. The molecule has 0 radical (unpaired) electrons. The number of nitrogens with one attached hydrogen (secondary N) is 3. The number of hydrogen-bond acceptors (Lipinski definition) is 5. The van der Waals surface area contributed by atoms with Crippen LogP contribution in [0.5, 0.6) is 0 Å². The number of aliphatic imine (C=N–C) groups is 1. The third-order valence-corrected chi connectivity index (χ3v) is 5.61. The van der Waals surface area contributed by atoms with Crippen molar-refractivity contribution in [2.75, 3.05) is 26.2 Å². The Labute approximate surface area is 189 Å². The third kappa shape index (κ3) is 6.18. The summed E-state index contributed by atoms with van der Waals surface area (Å²) in [6.07, 6.45) is 8.45. The predicted octanol–water partition coefficient (Wildman–Crippen LogP) is 3.00. The molecule has 4 rings (SSSR count). The molecule has 1 atom stereocenters. The van der Waals surface area contributed by atoms with E-state index in [1.165, 1.54) is 45.2 Å². The Hall–Kier alpha value is -1.62. The number of aromatic nitrogens is 3. The van der Waals surface area contributed by atoms with Crippen LogP contribution in [0.2, 0.25) is 0 Å². The molecule has 8 nitrogen and oxygen atoms in total. The molecule has 0 aromatic carbocycles. The van der Waals surface area contributed by atoms with Crippen molar-refractivity contribution in [2.24, 2.45) is 10.9 Å². The summed E-state index contributed by atoms with van der Waals surface area (Å²) in [6.45, 7) is 6.91. The van der Waals surface area contributed by atoms with E-state index in [-0.39, 0.29) is 24.0 Å². The first kappa shape index (κ1) is 22.1. The van der Waals surface area contributed by atoms with Gasteiger partial charge in [0.25, 0.3) is 0 Å². The Balaban J connectivity index is 0.00000240. The van der Waals surface area contributed by atoms with Crippen molar-refractivity contribution in [3.8, 4) is 11.6 Å². The van der Waals surface area contributed by atoms with E-state index < -0.39 is 0 Å². The average molecular weight is 513 g/mol. The molecule has 1 unspecified atom stereocenters. The molecule has 2 aromatic heterocycles. The first-order chi connectivity index (χ1) is 13.8. The van der Waals surface area contributed by atoms with Crippen LogP contribution in [0.3, 0.4) is 0 Å². The fourth-order valence-corrected chi connectivity index (χ4v) is 4.22. The van der Waals surface area contributed by atoms with Crippen molar-refractivity contribution < 1.29 is 4.42 Å². The van der Waals surface area contributed by atoms with Gasteiger partial charge in [0.15, 0.2) is 11.7 Å². The lowest BCUT2D eigenvalue weighted by Gasteiger charge is -2.21. The van der Waals surface area contributed by atoms with E-state index in [4.69, 9.17) is 4.42 Å². The van der Waals surface area contributed by atoms with Gasteiger partial charge in [0.2, 0.25) is 5.82 Å². The van der Waals surface area contributed by atoms with Gasteiger partial charge >= 0.3 is 0 Å². The minimum Gasteiger partial charge on any atom is -0.461 e. The van der Waals surface area contributed by atoms with Crippen LogP contribution in [-0.2, 0) is 6.54 Å². The van der Waals surface area contributed by atoms with Crippen molar-refractivity contribution in [1.82, 2.24) is 30.7 Å². The Kier molecular flexibility index (Phi) is 8.34. The first-order valence-electron chi connectivity index (χ1n) is 10.5. The lowest BCUT2D eigenvalue weighted by Crippen LogP contribution is -2.44. The largest absolute Gasteiger partial charge is 0.461 e. The lowest BCUT2D eigenvalue weighted by atomic mass is 10.1. The van der Waals surface area contributed by atoms with Crippen LogP contribution in [0.1, 0.15) is 44.9 Å². The molecule has 3 N–H and O–H groups in total. The van der Waals surface area contributed by atoms with Crippen molar-refractivity contribution in [2.45, 2.75) is 51.6 Å². The highest BCUT2D eigenvalue weighted by Crippen LogP contribution is 2.26. The second-order valence-electron chi connectivity index (χ2n) is 7.82. The SMILES string of the molecule is CCNC(=NCc1nc(-c2ccco2)n[nH]1)NC1CCN(CC2CCCC2)C1.I. The zero-order valence-electron chi connectivity index (χ0n) is 17.1. The van der Waals surface area contributed by atoms with Crippen LogP contribution < -0.4 is 10.6 Å². The molecule has 2 fully saturated rings. The molecule has 0 amide bonds. The molecule has 1 aliphatic carbocycles. The minimum atomic E-state index is 0. The van der Waals surface area contributed by atoms with E-state index >= 15 is 0 Å². The molecule has 1 saturated heterocycles. The summed E-state index contributed by atoms with van der Waals surface area (Å²) in [5, 5.41) is 14.1. The number of furan rings is 1. The van der Waals surface area contributed by atoms with Crippen molar-refractivity contribution >= 4 is 29.9 Å². The Bertz CT molecular complexity index is 755. The summed E-state index contributed by atoms with van der Waals surface area (Å²) in [5.74, 6) is 3.69. The minimum absolute atomic E-state index is 0. The van der Waals surface area contributed by atoms with E-state index in [1.54, 1.807) is 6.26 Å². The highest BCUT2D eigenvalue weighted by Gasteiger charge is 2.26. The Morgan fingerprint density at radius 3 is 2.97 bits per heavy atom. The van der Waals surface area contributed by atoms with Gasteiger partial charge in [-0.2, -0.15) is 0 Å². The van der Waals surface area contributed by atoms with Gasteiger partial charge in [0.1, 0.15) is 12.4 Å². The number of likely N-dealkylation sites (tertiary alicyclic amines) is 1. The summed E-state index contributed by atoms with van der Waals surface area (Å²) < 4.78 is 5.33. The maximum absolute atomic E-state index is 5.33. The normalized spacial score (nSPS) is 20.7. The van der Waals surface area contributed by atoms with Crippen molar-refractivity contribution in [3.63, 3.8) is 0 Å². The van der Waals surface area contributed by atoms with Gasteiger partial charge in [-0.25, -0.2) is 9.98 Å². The highest BCUT2D eigenvalue weighted by molar-refractivity contribution is 14.0. The van der Waals surface area contributed by atoms with Gasteiger partial charge in [0, 0.05) is 32.2 Å². The number of aromatic amines is 1. The molecule has 2 aromatic rings. The lowest BCUT2D eigenvalue weighted by molar-refractivity contribution is 0.275. The Morgan fingerprint density at radius 1 is 1.34 bits per heavy atom. The number of guanidine groups is 1. The molecule has 0 bridgehead atoms. The molecule has 1 aliphatic heterocycles. The van der Waals surface area contributed by atoms with E-state index in [0.717, 1.165) is 30.8 Å². The van der Waals surface area contributed by atoms with Crippen molar-refractivity contribution in [3.05, 3.63) is 24.2 Å². The second-order valence-corrected chi connectivity index (χ2v) is 7.82. The number of hydrogen-bond donors (Lipinski definition) is 3. The Morgan fingerprint density at radius 2 is 2.21 bits per heavy atom. The predicted molar refractivity (Wildman–Crippen MR) is 124 cm³/mol. The third-order valence-electron chi connectivity index (χ3n) is 5.61. The van der Waals surface area contributed by atoms with Gasteiger partial charge < -0.3 is 20.0 Å². The zero-order valence-corrected chi connectivity index (χ0v) is 19.4. The summed E-state index contributed by atoms with van der Waals surface area (Å²) in [4.78, 5) is 11.8. The van der Waals surface area contributed by atoms with Crippen LogP contribution in [0.15, 0.2) is 27.8 Å². The van der Waals surface area contributed by atoms with Crippen LogP contribution in [0.4, 0.5) is 0 Å². The zero-order chi connectivity index (χ0) is 19.2. The van der Waals surface area contributed by atoms with Gasteiger partial charge in [-0.05, 0) is 44.2 Å². The smallest absolute Gasteiger partial charge is 0.216 e. The molecule has 0 spiro atoms. The number of H-pyrrole nitrogens is 1. The molecule has 2 aliphatic rings. The van der Waals surface area contributed by atoms with E-state index in [2.05, 4.69) is 42.6 Å². The monoisotopic (exact) mass is 513 g/mol. The topological polar surface area (TPSA) is 94.4 Å². The molecule has 160 valence electrons. The van der Waals surface area contributed by atoms with Gasteiger partial charge in [0.05, 0.1) is 6.26 Å². The quantitative estimate of drug-likeness (QED) is 0.300. The highest BCUT2D eigenvalue weighted by atomic mass is 127. The van der Waals surface area contributed by atoms with Crippen LogP contribution in [0, 0.1) is 5.92 Å². The van der Waals surface area contributed by atoms with Gasteiger partial charge in [-0.3, -0.25) is 5.10 Å². The van der Waals surface area contributed by atoms with E-state index in [1.807, 2.05) is 12.1 Å². The number of halogens is 1. The number of nitrogens with zero attached hydrogens (tertiary/aromatic N) is 4.